The Bertz CT molecular complexity index is 595. The van der Waals surface area contributed by atoms with Crippen LogP contribution >= 0.6 is 11.3 Å². The molecule has 2 aromatic rings. The Hall–Kier alpha value is -2.42. The molecule has 9 heteroatoms. The number of nitrogens with zero attached hydrogens (tertiary/aromatic N) is 2. The standard InChI is InChI=1S/C11H13N5O3S/c1-6(9-16-8(4-20-9)10(17)18)15-11(19)13-3-7-2-12-5-14-7/h2,4-6H,3H2,1H3,(H,12,14)(H,17,18)(H2,13,15,19). The molecule has 2 rings (SSSR count). The summed E-state index contributed by atoms with van der Waals surface area (Å²) >= 11 is 1.19. The van der Waals surface area contributed by atoms with Crippen LogP contribution in [0.25, 0.3) is 0 Å². The van der Waals surface area contributed by atoms with Gasteiger partial charge in [-0.15, -0.1) is 11.3 Å². The topological polar surface area (TPSA) is 120 Å². The molecular formula is C11H13N5O3S. The second-order valence-corrected chi connectivity index (χ2v) is 4.89. The molecule has 0 bridgehead atoms. The largest absolute Gasteiger partial charge is 0.476 e. The molecule has 1 unspecified atom stereocenters. The first kappa shape index (κ1) is 14.0. The number of thiazole rings is 1. The van der Waals surface area contributed by atoms with E-state index in [0.29, 0.717) is 11.6 Å². The Balaban J connectivity index is 1.85. The first-order chi connectivity index (χ1) is 9.56. The van der Waals surface area contributed by atoms with Crippen molar-refractivity contribution in [3.8, 4) is 0 Å². The van der Waals surface area contributed by atoms with Crippen molar-refractivity contribution in [3.63, 3.8) is 0 Å². The molecule has 0 aliphatic carbocycles. The lowest BCUT2D eigenvalue weighted by atomic mass is 10.3. The number of carboxylic acid groups (broad SMARTS) is 1. The maximum Gasteiger partial charge on any atom is 0.355 e. The van der Waals surface area contributed by atoms with Gasteiger partial charge in [-0.25, -0.2) is 19.6 Å². The van der Waals surface area contributed by atoms with Gasteiger partial charge in [0.05, 0.1) is 24.6 Å². The molecule has 106 valence electrons. The van der Waals surface area contributed by atoms with Crippen molar-refractivity contribution in [1.29, 1.82) is 0 Å². The zero-order chi connectivity index (χ0) is 14.5. The highest BCUT2D eigenvalue weighted by Gasteiger charge is 2.15. The summed E-state index contributed by atoms with van der Waals surface area (Å²) in [6.07, 6.45) is 3.14. The van der Waals surface area contributed by atoms with E-state index in [4.69, 9.17) is 5.11 Å². The number of rotatable bonds is 5. The number of H-pyrrole nitrogens is 1. The summed E-state index contributed by atoms with van der Waals surface area (Å²) in [4.78, 5) is 33.0. The molecule has 1 atom stereocenters. The average molecular weight is 295 g/mol. The van der Waals surface area contributed by atoms with Gasteiger partial charge < -0.3 is 20.7 Å². The van der Waals surface area contributed by atoms with Crippen LogP contribution in [-0.4, -0.2) is 32.1 Å². The predicted molar refractivity (Wildman–Crippen MR) is 71.4 cm³/mol. The molecule has 0 fully saturated rings. The van der Waals surface area contributed by atoms with Crippen LogP contribution in [-0.2, 0) is 6.54 Å². The van der Waals surface area contributed by atoms with Gasteiger partial charge in [0, 0.05) is 11.6 Å². The fourth-order valence-electron chi connectivity index (χ4n) is 1.45. The average Bonchev–Trinajstić information content (AvgIpc) is 3.07. The van der Waals surface area contributed by atoms with Gasteiger partial charge in [0.1, 0.15) is 5.01 Å². The third-order valence-electron chi connectivity index (χ3n) is 2.45. The van der Waals surface area contributed by atoms with E-state index in [2.05, 4.69) is 25.6 Å². The third kappa shape index (κ3) is 3.54. The summed E-state index contributed by atoms with van der Waals surface area (Å²) in [5, 5.41) is 16.1. The zero-order valence-electron chi connectivity index (χ0n) is 10.6. The van der Waals surface area contributed by atoms with E-state index >= 15 is 0 Å². The number of carbonyl (C=O) groups is 2. The number of carboxylic acids is 1. The Morgan fingerprint density at radius 2 is 2.35 bits per heavy atom. The van der Waals surface area contributed by atoms with Gasteiger partial charge in [0.15, 0.2) is 5.69 Å². The lowest BCUT2D eigenvalue weighted by Crippen LogP contribution is -2.36. The minimum atomic E-state index is -1.08. The smallest absolute Gasteiger partial charge is 0.355 e. The monoisotopic (exact) mass is 295 g/mol. The molecule has 2 aromatic heterocycles. The van der Waals surface area contributed by atoms with Gasteiger partial charge in [0.25, 0.3) is 0 Å². The normalized spacial score (nSPS) is 11.8. The van der Waals surface area contributed by atoms with Gasteiger partial charge in [-0.1, -0.05) is 0 Å². The fraction of sp³-hybridized carbons (Fsp3) is 0.273. The summed E-state index contributed by atoms with van der Waals surface area (Å²) < 4.78 is 0. The van der Waals surface area contributed by atoms with Crippen LogP contribution in [0.5, 0.6) is 0 Å². The number of aromatic carboxylic acids is 1. The summed E-state index contributed by atoms with van der Waals surface area (Å²) in [7, 11) is 0. The minimum Gasteiger partial charge on any atom is -0.476 e. The molecule has 2 heterocycles. The number of hydrogen-bond donors (Lipinski definition) is 4. The van der Waals surface area contributed by atoms with Gasteiger partial charge in [-0.05, 0) is 6.92 Å². The maximum absolute atomic E-state index is 11.7. The maximum atomic E-state index is 11.7. The molecule has 8 nitrogen and oxygen atoms in total. The number of hydrogen-bond acceptors (Lipinski definition) is 5. The molecule has 0 radical (unpaired) electrons. The molecule has 0 aliphatic heterocycles. The number of carbonyl (C=O) groups excluding carboxylic acids is 1. The van der Waals surface area contributed by atoms with Crippen LogP contribution in [0.4, 0.5) is 4.79 Å². The lowest BCUT2D eigenvalue weighted by Gasteiger charge is -2.11. The number of aromatic amines is 1. The highest BCUT2D eigenvalue weighted by Crippen LogP contribution is 2.17. The molecule has 0 saturated heterocycles. The van der Waals surface area contributed by atoms with Crippen molar-refractivity contribution in [1.82, 2.24) is 25.6 Å². The Labute approximate surface area is 118 Å². The number of aromatic nitrogens is 3. The number of imidazole rings is 1. The SMILES string of the molecule is CC(NC(=O)NCc1cnc[nH]1)c1nc(C(=O)O)cs1. The number of nitrogens with one attached hydrogen (secondary N) is 3. The third-order valence-corrected chi connectivity index (χ3v) is 3.48. The van der Waals surface area contributed by atoms with E-state index in [9.17, 15) is 9.59 Å². The van der Waals surface area contributed by atoms with Gasteiger partial charge >= 0.3 is 12.0 Å². The van der Waals surface area contributed by atoms with Crippen molar-refractivity contribution >= 4 is 23.3 Å². The van der Waals surface area contributed by atoms with E-state index in [1.54, 1.807) is 13.1 Å². The van der Waals surface area contributed by atoms with Gasteiger partial charge in [-0.2, -0.15) is 0 Å². The minimum absolute atomic E-state index is 0.0171. The van der Waals surface area contributed by atoms with Crippen LogP contribution in [0, 0.1) is 0 Å². The summed E-state index contributed by atoms with van der Waals surface area (Å²) in [5.74, 6) is -1.08. The van der Waals surface area contributed by atoms with E-state index in [1.807, 2.05) is 0 Å². The highest BCUT2D eigenvalue weighted by molar-refractivity contribution is 7.09. The molecule has 0 aromatic carbocycles. The molecule has 0 saturated carbocycles. The Morgan fingerprint density at radius 3 is 2.95 bits per heavy atom. The first-order valence-electron chi connectivity index (χ1n) is 5.76. The van der Waals surface area contributed by atoms with E-state index < -0.39 is 5.97 Å². The van der Waals surface area contributed by atoms with Crippen LogP contribution in [0.1, 0.15) is 34.2 Å². The van der Waals surface area contributed by atoms with Gasteiger partial charge in [0.2, 0.25) is 0 Å². The van der Waals surface area contributed by atoms with E-state index in [0.717, 1.165) is 5.69 Å². The van der Waals surface area contributed by atoms with Crippen LogP contribution in [0.3, 0.4) is 0 Å². The van der Waals surface area contributed by atoms with Gasteiger partial charge in [-0.3, -0.25) is 0 Å². The van der Waals surface area contributed by atoms with Crippen LogP contribution < -0.4 is 10.6 Å². The number of urea groups is 1. The summed E-state index contributed by atoms with van der Waals surface area (Å²) in [5.41, 5.74) is 0.770. The van der Waals surface area contributed by atoms with E-state index in [-0.39, 0.29) is 17.8 Å². The molecule has 0 aliphatic rings. The fourth-order valence-corrected chi connectivity index (χ4v) is 2.25. The summed E-state index contributed by atoms with van der Waals surface area (Å²) in [6.45, 7) is 2.07. The van der Waals surface area contributed by atoms with Crippen LogP contribution in [0.15, 0.2) is 17.9 Å². The zero-order valence-corrected chi connectivity index (χ0v) is 11.4. The molecule has 2 amide bonds. The second-order valence-electron chi connectivity index (χ2n) is 4.00. The number of amides is 2. The molecule has 20 heavy (non-hydrogen) atoms. The highest BCUT2D eigenvalue weighted by atomic mass is 32.1. The van der Waals surface area contributed by atoms with Crippen molar-refractivity contribution in [2.75, 3.05) is 0 Å². The second kappa shape index (κ2) is 6.15. The van der Waals surface area contributed by atoms with Crippen molar-refractivity contribution in [3.05, 3.63) is 34.3 Å². The molecule has 0 spiro atoms. The van der Waals surface area contributed by atoms with Crippen LogP contribution in [0.2, 0.25) is 0 Å². The quantitative estimate of drug-likeness (QED) is 0.659. The lowest BCUT2D eigenvalue weighted by molar-refractivity contribution is 0.0691. The Morgan fingerprint density at radius 1 is 1.55 bits per heavy atom. The summed E-state index contributed by atoms with van der Waals surface area (Å²) in [6, 6.07) is -0.728. The first-order valence-corrected chi connectivity index (χ1v) is 6.64. The van der Waals surface area contributed by atoms with E-state index in [1.165, 1.54) is 23.0 Å². The predicted octanol–water partition coefficient (Wildman–Crippen LogP) is 1.12. The Kier molecular flexibility index (Phi) is 4.31. The van der Waals surface area contributed by atoms with Crippen molar-refractivity contribution < 1.29 is 14.7 Å². The van der Waals surface area contributed by atoms with Crippen molar-refractivity contribution in [2.24, 2.45) is 0 Å². The van der Waals surface area contributed by atoms with Crippen molar-refractivity contribution in [2.45, 2.75) is 19.5 Å². The molecule has 4 N–H and O–H groups in total. The molecular weight excluding hydrogens is 282 g/mol.